The maximum Gasteiger partial charge on any atom is 0.292 e. The van der Waals surface area contributed by atoms with Gasteiger partial charge < -0.3 is 10.1 Å². The molecule has 0 saturated carbocycles. The molecule has 0 heterocycles. The Morgan fingerprint density at radius 3 is 2.69 bits per heavy atom. The standard InChI is InChI=1S/C20H22BrN3O4S/c1-2-3-4-7-12-28-18-11-10-14(21)13-15(18)19(25)23-20(29)22-16-8-5-6-9-17(16)24(26)27/h5-6,8-11,13H,2-4,7,12H2,1H3,(H2,22,23,25,29). The van der Waals surface area contributed by atoms with Crippen molar-refractivity contribution in [1.82, 2.24) is 5.32 Å². The van der Waals surface area contributed by atoms with Crippen LogP contribution in [0.3, 0.4) is 0 Å². The highest BCUT2D eigenvalue weighted by atomic mass is 79.9. The van der Waals surface area contributed by atoms with E-state index >= 15 is 0 Å². The van der Waals surface area contributed by atoms with E-state index in [9.17, 15) is 14.9 Å². The van der Waals surface area contributed by atoms with Crippen molar-refractivity contribution in [3.8, 4) is 5.75 Å². The topological polar surface area (TPSA) is 93.5 Å². The number of hydrogen-bond donors (Lipinski definition) is 2. The first kappa shape index (κ1) is 22.8. The van der Waals surface area contributed by atoms with Gasteiger partial charge in [0.1, 0.15) is 11.4 Å². The van der Waals surface area contributed by atoms with Gasteiger partial charge in [0.2, 0.25) is 0 Å². The summed E-state index contributed by atoms with van der Waals surface area (Å²) in [6.07, 6.45) is 4.25. The van der Waals surface area contributed by atoms with Gasteiger partial charge in [-0.3, -0.25) is 20.2 Å². The average Bonchev–Trinajstić information content (AvgIpc) is 2.68. The van der Waals surface area contributed by atoms with Gasteiger partial charge in [-0.2, -0.15) is 0 Å². The Morgan fingerprint density at radius 2 is 1.97 bits per heavy atom. The van der Waals surface area contributed by atoms with Gasteiger partial charge in [0.25, 0.3) is 11.6 Å². The molecule has 2 aromatic rings. The number of nitro groups is 1. The molecule has 0 spiro atoms. The molecule has 154 valence electrons. The third kappa shape index (κ3) is 7.10. The van der Waals surface area contributed by atoms with Crippen LogP contribution in [0, 0.1) is 10.1 Å². The summed E-state index contributed by atoms with van der Waals surface area (Å²) in [4.78, 5) is 23.3. The monoisotopic (exact) mass is 479 g/mol. The number of nitrogens with zero attached hydrogens (tertiary/aromatic N) is 1. The average molecular weight is 480 g/mol. The second kappa shape index (κ2) is 11.5. The van der Waals surface area contributed by atoms with Crippen LogP contribution in [0.15, 0.2) is 46.9 Å². The Kier molecular flexibility index (Phi) is 9.01. The Balaban J connectivity index is 2.05. The summed E-state index contributed by atoms with van der Waals surface area (Å²) in [5.41, 5.74) is 0.383. The number of benzene rings is 2. The van der Waals surface area contributed by atoms with Crippen molar-refractivity contribution < 1.29 is 14.5 Å². The minimum Gasteiger partial charge on any atom is -0.493 e. The van der Waals surface area contributed by atoms with Crippen LogP contribution in [0.2, 0.25) is 0 Å². The number of rotatable bonds is 9. The molecule has 0 radical (unpaired) electrons. The number of thiocarbonyl (C=S) groups is 1. The van der Waals surface area contributed by atoms with Crippen molar-refractivity contribution >= 4 is 50.5 Å². The number of para-hydroxylation sites is 2. The summed E-state index contributed by atoms with van der Waals surface area (Å²) in [5.74, 6) is -0.0124. The molecule has 0 saturated heterocycles. The van der Waals surface area contributed by atoms with Crippen LogP contribution < -0.4 is 15.4 Å². The number of hydrogen-bond acceptors (Lipinski definition) is 5. The zero-order valence-corrected chi connectivity index (χ0v) is 18.3. The molecular formula is C20H22BrN3O4S. The number of unbranched alkanes of at least 4 members (excludes halogenated alkanes) is 3. The molecule has 2 rings (SSSR count). The Bertz CT molecular complexity index is 892. The molecule has 1 amide bonds. The highest BCUT2D eigenvalue weighted by molar-refractivity contribution is 9.10. The van der Waals surface area contributed by atoms with Crippen molar-refractivity contribution in [2.45, 2.75) is 32.6 Å². The van der Waals surface area contributed by atoms with E-state index in [1.165, 1.54) is 12.1 Å². The van der Waals surface area contributed by atoms with Crippen LogP contribution in [-0.2, 0) is 0 Å². The number of halogens is 1. The van der Waals surface area contributed by atoms with Crippen LogP contribution in [0.25, 0.3) is 0 Å². The molecule has 0 aliphatic rings. The fourth-order valence-corrected chi connectivity index (χ4v) is 3.14. The van der Waals surface area contributed by atoms with E-state index in [0.717, 1.165) is 30.2 Å². The quantitative estimate of drug-likeness (QED) is 0.215. The van der Waals surface area contributed by atoms with Gasteiger partial charge in [0, 0.05) is 10.5 Å². The second-order valence-electron chi connectivity index (χ2n) is 6.23. The molecule has 0 atom stereocenters. The van der Waals surface area contributed by atoms with Gasteiger partial charge in [0.05, 0.1) is 17.1 Å². The normalized spacial score (nSPS) is 10.3. The number of carbonyl (C=O) groups excluding carboxylic acids is 1. The van der Waals surface area contributed by atoms with Gasteiger partial charge in [0.15, 0.2) is 5.11 Å². The zero-order valence-electron chi connectivity index (χ0n) is 15.9. The first-order valence-corrected chi connectivity index (χ1v) is 10.4. The minimum absolute atomic E-state index is 0.0434. The Hall–Kier alpha value is -2.52. The summed E-state index contributed by atoms with van der Waals surface area (Å²) in [6.45, 7) is 2.65. The smallest absolute Gasteiger partial charge is 0.292 e. The lowest BCUT2D eigenvalue weighted by Crippen LogP contribution is -2.34. The number of carbonyl (C=O) groups is 1. The Labute approximate surface area is 183 Å². The van der Waals surface area contributed by atoms with E-state index in [4.69, 9.17) is 17.0 Å². The van der Waals surface area contributed by atoms with Crippen LogP contribution >= 0.6 is 28.1 Å². The second-order valence-corrected chi connectivity index (χ2v) is 7.56. The molecule has 0 aromatic heterocycles. The van der Waals surface area contributed by atoms with E-state index in [0.29, 0.717) is 17.9 Å². The molecule has 7 nitrogen and oxygen atoms in total. The molecule has 0 unspecified atom stereocenters. The lowest BCUT2D eigenvalue weighted by molar-refractivity contribution is -0.383. The minimum atomic E-state index is -0.522. The van der Waals surface area contributed by atoms with E-state index in [-0.39, 0.29) is 16.5 Å². The molecule has 0 bridgehead atoms. The van der Waals surface area contributed by atoms with Gasteiger partial charge >= 0.3 is 0 Å². The molecule has 29 heavy (non-hydrogen) atoms. The third-order valence-electron chi connectivity index (χ3n) is 4.02. The van der Waals surface area contributed by atoms with Gasteiger partial charge in [-0.25, -0.2) is 0 Å². The lowest BCUT2D eigenvalue weighted by Gasteiger charge is -2.13. The van der Waals surface area contributed by atoms with Crippen molar-refractivity contribution in [3.63, 3.8) is 0 Å². The predicted octanol–water partition coefficient (Wildman–Crippen LogP) is 5.44. The van der Waals surface area contributed by atoms with Crippen molar-refractivity contribution in [1.29, 1.82) is 0 Å². The predicted molar refractivity (Wildman–Crippen MR) is 121 cm³/mol. The van der Waals surface area contributed by atoms with Crippen LogP contribution in [0.1, 0.15) is 43.0 Å². The molecule has 2 N–H and O–H groups in total. The van der Waals surface area contributed by atoms with E-state index in [2.05, 4.69) is 33.5 Å². The van der Waals surface area contributed by atoms with Crippen molar-refractivity contribution in [2.24, 2.45) is 0 Å². The lowest BCUT2D eigenvalue weighted by atomic mass is 10.2. The highest BCUT2D eigenvalue weighted by Gasteiger charge is 2.17. The van der Waals surface area contributed by atoms with Crippen LogP contribution in [0.4, 0.5) is 11.4 Å². The van der Waals surface area contributed by atoms with Crippen molar-refractivity contribution in [2.75, 3.05) is 11.9 Å². The highest BCUT2D eigenvalue weighted by Crippen LogP contribution is 2.25. The summed E-state index contributed by atoms with van der Waals surface area (Å²) >= 11 is 8.51. The zero-order chi connectivity index (χ0) is 21.2. The fraction of sp³-hybridized carbons (Fsp3) is 0.300. The third-order valence-corrected chi connectivity index (χ3v) is 4.72. The summed E-state index contributed by atoms with van der Waals surface area (Å²) in [7, 11) is 0. The number of nitrogens with one attached hydrogen (secondary N) is 2. The first-order chi connectivity index (χ1) is 13.9. The fourth-order valence-electron chi connectivity index (χ4n) is 2.58. The SMILES string of the molecule is CCCCCCOc1ccc(Br)cc1C(=O)NC(=S)Nc1ccccc1[N+](=O)[O-]. The molecule has 0 fully saturated rings. The van der Waals surface area contributed by atoms with E-state index < -0.39 is 10.8 Å². The van der Waals surface area contributed by atoms with Crippen LogP contribution in [0.5, 0.6) is 5.75 Å². The summed E-state index contributed by atoms with van der Waals surface area (Å²) in [5, 5.41) is 16.3. The first-order valence-electron chi connectivity index (χ1n) is 9.20. The van der Waals surface area contributed by atoms with Gasteiger partial charge in [-0.15, -0.1) is 0 Å². The van der Waals surface area contributed by atoms with Crippen molar-refractivity contribution in [3.05, 3.63) is 62.6 Å². The Morgan fingerprint density at radius 1 is 1.21 bits per heavy atom. The number of ether oxygens (including phenoxy) is 1. The maximum atomic E-state index is 12.7. The molecule has 0 aliphatic heterocycles. The maximum absolute atomic E-state index is 12.7. The number of amides is 1. The summed E-state index contributed by atoms with van der Waals surface area (Å²) in [6, 6.07) is 11.2. The van der Waals surface area contributed by atoms with Gasteiger partial charge in [-0.1, -0.05) is 54.2 Å². The summed E-state index contributed by atoms with van der Waals surface area (Å²) < 4.78 is 6.50. The largest absolute Gasteiger partial charge is 0.493 e. The molecule has 9 heteroatoms. The van der Waals surface area contributed by atoms with Gasteiger partial charge in [-0.05, 0) is 42.9 Å². The van der Waals surface area contributed by atoms with E-state index in [1.807, 2.05) is 0 Å². The number of nitro benzene ring substituents is 1. The molecular weight excluding hydrogens is 458 g/mol. The number of anilines is 1. The van der Waals surface area contributed by atoms with Crippen LogP contribution in [-0.4, -0.2) is 22.5 Å². The molecule has 0 aliphatic carbocycles. The molecule has 2 aromatic carbocycles. The van der Waals surface area contributed by atoms with E-state index in [1.54, 1.807) is 30.3 Å².